The molecule has 0 radical (unpaired) electrons. The maximum absolute atomic E-state index is 11.6. The molecule has 1 N–H and O–H groups in total. The van der Waals surface area contributed by atoms with Crippen LogP contribution in [0, 0.1) is 0 Å². The summed E-state index contributed by atoms with van der Waals surface area (Å²) in [5.41, 5.74) is 0.728. The van der Waals surface area contributed by atoms with E-state index >= 15 is 0 Å². The molecule has 146 valence electrons. The Morgan fingerprint density at radius 2 is 1.84 bits per heavy atom. The lowest BCUT2D eigenvalue weighted by molar-refractivity contribution is -0.145. The fourth-order valence-electron chi connectivity index (χ4n) is 1.48. The molecule has 0 saturated heterocycles. The van der Waals surface area contributed by atoms with Gasteiger partial charge in [-0.25, -0.2) is 0 Å². The van der Waals surface area contributed by atoms with Gasteiger partial charge in [-0.1, -0.05) is 44.7 Å². The van der Waals surface area contributed by atoms with Gasteiger partial charge in [0.1, 0.15) is 11.6 Å². The fourth-order valence-corrected chi connectivity index (χ4v) is 1.48. The highest BCUT2D eigenvalue weighted by molar-refractivity contribution is 5.76. The van der Waals surface area contributed by atoms with Crippen LogP contribution in [0.15, 0.2) is 36.5 Å². The Hall–Kier alpha value is -1.88. The Morgan fingerprint density at radius 1 is 1.28 bits per heavy atom. The summed E-state index contributed by atoms with van der Waals surface area (Å²) in [5, 5.41) is 2.95. The first-order chi connectivity index (χ1) is 11.7. The van der Waals surface area contributed by atoms with Gasteiger partial charge in [0, 0.05) is 0 Å². The molecule has 1 atom stereocenters. The fraction of sp³-hybridized carbons (Fsp3) is 0.600. The summed E-state index contributed by atoms with van der Waals surface area (Å²) in [6.45, 7) is 17.7. The van der Waals surface area contributed by atoms with Gasteiger partial charge in [-0.05, 0) is 53.7 Å². The minimum absolute atomic E-state index is 0.218. The Bertz CT molecular complexity index is 406. The SMILES string of the molecule is C=C/C=C(\C=C/C)CC(NC)C(=O)OCC.CC.CC(C)(C)OC=O. The summed E-state index contributed by atoms with van der Waals surface area (Å²) in [4.78, 5) is 21.2. The highest BCUT2D eigenvalue weighted by Gasteiger charge is 2.17. The van der Waals surface area contributed by atoms with E-state index in [9.17, 15) is 9.59 Å². The molecule has 0 aliphatic heterocycles. The molecule has 0 spiro atoms. The summed E-state index contributed by atoms with van der Waals surface area (Å²) in [5.74, 6) is -0.218. The molecule has 0 bridgehead atoms. The molecule has 5 heteroatoms. The topological polar surface area (TPSA) is 64.6 Å². The number of hydrogen-bond donors (Lipinski definition) is 1. The third-order valence-corrected chi connectivity index (χ3v) is 2.47. The summed E-state index contributed by atoms with van der Waals surface area (Å²) in [7, 11) is 1.75. The van der Waals surface area contributed by atoms with Crippen molar-refractivity contribution in [3.05, 3.63) is 36.5 Å². The third-order valence-electron chi connectivity index (χ3n) is 2.47. The minimum Gasteiger partial charge on any atom is -0.465 e. The molecule has 0 aromatic heterocycles. The average Bonchev–Trinajstić information content (AvgIpc) is 2.54. The molecule has 0 rings (SSSR count). The molecule has 5 nitrogen and oxygen atoms in total. The number of esters is 1. The summed E-state index contributed by atoms with van der Waals surface area (Å²) in [6.07, 6.45) is 8.11. The summed E-state index contributed by atoms with van der Waals surface area (Å²) >= 11 is 0. The van der Waals surface area contributed by atoms with Gasteiger partial charge in [0.05, 0.1) is 6.61 Å². The highest BCUT2D eigenvalue weighted by Crippen LogP contribution is 2.09. The largest absolute Gasteiger partial charge is 0.465 e. The first-order valence-electron chi connectivity index (χ1n) is 8.65. The molecular weight excluding hydrogens is 318 g/mol. The van der Waals surface area contributed by atoms with Crippen LogP contribution in [0.4, 0.5) is 0 Å². The Kier molecular flexibility index (Phi) is 20.6. The van der Waals surface area contributed by atoms with Gasteiger partial charge in [-0.3, -0.25) is 9.59 Å². The van der Waals surface area contributed by atoms with Crippen molar-refractivity contribution < 1.29 is 19.1 Å². The number of carbonyl (C=O) groups is 2. The van der Waals surface area contributed by atoms with E-state index in [1.807, 2.05) is 59.8 Å². The van der Waals surface area contributed by atoms with Crippen molar-refractivity contribution in [2.24, 2.45) is 0 Å². The summed E-state index contributed by atoms with van der Waals surface area (Å²) < 4.78 is 9.52. The van der Waals surface area contributed by atoms with Crippen LogP contribution < -0.4 is 5.32 Å². The molecule has 0 fully saturated rings. The molecule has 0 heterocycles. The Morgan fingerprint density at radius 3 is 2.12 bits per heavy atom. The van der Waals surface area contributed by atoms with Crippen molar-refractivity contribution >= 4 is 12.4 Å². The van der Waals surface area contributed by atoms with Gasteiger partial charge < -0.3 is 14.8 Å². The number of rotatable bonds is 8. The number of nitrogens with one attached hydrogen (secondary N) is 1. The van der Waals surface area contributed by atoms with E-state index in [0.717, 1.165) is 5.57 Å². The van der Waals surface area contributed by atoms with Crippen LogP contribution >= 0.6 is 0 Å². The standard InChI is InChI=1S/C13H21NO2.C5H10O2.C2H6/c1-5-8-11(9-6-2)10-12(14-4)13(15)16-7-3;1-5(2,3)7-4-6;1-2/h5-6,8-9,12,14H,1,7,10H2,2-4H3;4H,1-3H3;1-2H3/b9-6-,11-8+;;. The molecular formula is C20H37NO4. The number of hydrogen-bond acceptors (Lipinski definition) is 5. The normalized spacial score (nSPS) is 12.1. The second kappa shape index (κ2) is 18.5. The van der Waals surface area contributed by atoms with E-state index in [1.54, 1.807) is 20.0 Å². The molecule has 0 aromatic rings. The van der Waals surface area contributed by atoms with E-state index in [4.69, 9.17) is 4.74 Å². The number of likely N-dealkylation sites (N-methyl/N-ethyl adjacent to an activating group) is 1. The second-order valence-electron chi connectivity index (χ2n) is 5.60. The van der Waals surface area contributed by atoms with E-state index < -0.39 is 0 Å². The van der Waals surface area contributed by atoms with Crippen LogP contribution in [0.25, 0.3) is 0 Å². The van der Waals surface area contributed by atoms with Gasteiger partial charge in [-0.2, -0.15) is 0 Å². The van der Waals surface area contributed by atoms with Crippen LogP contribution in [0.1, 0.15) is 54.9 Å². The third kappa shape index (κ3) is 20.1. The van der Waals surface area contributed by atoms with Crippen molar-refractivity contribution in [1.29, 1.82) is 0 Å². The van der Waals surface area contributed by atoms with Crippen LogP contribution in [0.2, 0.25) is 0 Å². The van der Waals surface area contributed by atoms with E-state index in [2.05, 4.69) is 16.6 Å². The molecule has 0 aromatic carbocycles. The van der Waals surface area contributed by atoms with Crippen LogP contribution in [0.5, 0.6) is 0 Å². The van der Waals surface area contributed by atoms with Crippen molar-refractivity contribution in [2.75, 3.05) is 13.7 Å². The molecule has 0 amide bonds. The lowest BCUT2D eigenvalue weighted by Gasteiger charge is -2.14. The minimum atomic E-state index is -0.318. The predicted octanol–water partition coefficient (Wildman–Crippen LogP) is 4.20. The van der Waals surface area contributed by atoms with Gasteiger partial charge in [0.25, 0.3) is 6.47 Å². The van der Waals surface area contributed by atoms with Crippen LogP contribution in [-0.4, -0.2) is 37.7 Å². The van der Waals surface area contributed by atoms with E-state index in [-0.39, 0.29) is 17.6 Å². The highest BCUT2D eigenvalue weighted by atomic mass is 16.5. The van der Waals surface area contributed by atoms with E-state index in [1.165, 1.54) is 0 Å². The first kappa shape index (κ1) is 27.9. The Balaban J connectivity index is -0.000000450. The lowest BCUT2D eigenvalue weighted by atomic mass is 10.1. The van der Waals surface area contributed by atoms with Crippen molar-refractivity contribution in [1.82, 2.24) is 5.32 Å². The van der Waals surface area contributed by atoms with Gasteiger partial charge in [0.2, 0.25) is 0 Å². The molecule has 25 heavy (non-hydrogen) atoms. The number of allylic oxidation sites excluding steroid dienone is 4. The zero-order valence-corrected chi connectivity index (χ0v) is 17.2. The van der Waals surface area contributed by atoms with Crippen LogP contribution in [0.3, 0.4) is 0 Å². The predicted molar refractivity (Wildman–Crippen MR) is 105 cm³/mol. The molecule has 0 aliphatic carbocycles. The second-order valence-corrected chi connectivity index (χ2v) is 5.60. The summed E-state index contributed by atoms with van der Waals surface area (Å²) in [6, 6.07) is -0.303. The van der Waals surface area contributed by atoms with Crippen molar-refractivity contribution in [3.63, 3.8) is 0 Å². The van der Waals surface area contributed by atoms with Gasteiger partial charge >= 0.3 is 5.97 Å². The van der Waals surface area contributed by atoms with Gasteiger partial charge in [-0.15, -0.1) is 0 Å². The average molecular weight is 356 g/mol. The molecule has 0 aliphatic rings. The smallest absolute Gasteiger partial charge is 0.323 e. The lowest BCUT2D eigenvalue weighted by Crippen LogP contribution is -2.35. The zero-order valence-electron chi connectivity index (χ0n) is 17.2. The van der Waals surface area contributed by atoms with Crippen molar-refractivity contribution in [2.45, 2.75) is 66.5 Å². The first-order valence-corrected chi connectivity index (χ1v) is 8.65. The van der Waals surface area contributed by atoms with Gasteiger partial charge in [0.15, 0.2) is 0 Å². The maximum Gasteiger partial charge on any atom is 0.323 e. The molecule has 1 unspecified atom stereocenters. The van der Waals surface area contributed by atoms with Crippen molar-refractivity contribution in [3.8, 4) is 0 Å². The molecule has 0 saturated carbocycles. The van der Waals surface area contributed by atoms with Crippen LogP contribution in [-0.2, 0) is 19.1 Å². The maximum atomic E-state index is 11.6. The van der Waals surface area contributed by atoms with E-state index in [0.29, 0.717) is 19.5 Å². The number of carbonyl (C=O) groups excluding carboxylic acids is 2. The quantitative estimate of drug-likeness (QED) is 0.401. The monoisotopic (exact) mass is 355 g/mol. The number of ether oxygens (including phenoxy) is 2. The zero-order chi connectivity index (χ0) is 20.3. The Labute approximate surface area is 154 Å².